The molecule has 1 heterocycles. The van der Waals surface area contributed by atoms with Gasteiger partial charge in [0.15, 0.2) is 0 Å². The molecule has 198 valence electrons. The molecule has 0 fully saturated rings. The van der Waals surface area contributed by atoms with Crippen LogP contribution in [-0.2, 0) is 11.3 Å². The molecule has 0 radical (unpaired) electrons. The normalized spacial score (nSPS) is 11.2. The van der Waals surface area contributed by atoms with Gasteiger partial charge in [0.1, 0.15) is 11.4 Å². The number of hydrogen-bond acceptors (Lipinski definition) is 3. The van der Waals surface area contributed by atoms with Crippen molar-refractivity contribution in [3.63, 3.8) is 0 Å². The van der Waals surface area contributed by atoms with E-state index >= 15 is 0 Å². The van der Waals surface area contributed by atoms with Gasteiger partial charge in [-0.1, -0.05) is 89.9 Å². The van der Waals surface area contributed by atoms with Crippen LogP contribution in [0.5, 0.6) is 0 Å². The fourth-order valence-corrected chi connectivity index (χ4v) is 4.38. The van der Waals surface area contributed by atoms with E-state index in [1.165, 1.54) is 0 Å². The fourth-order valence-electron chi connectivity index (χ4n) is 4.05. The predicted molar refractivity (Wildman–Crippen MR) is 159 cm³/mol. The molecule has 0 atom stereocenters. The van der Waals surface area contributed by atoms with Crippen molar-refractivity contribution in [3.8, 4) is 16.9 Å². The Balaban J connectivity index is 1.55. The maximum Gasteiger partial charge on any atom is 0.268 e. The van der Waals surface area contributed by atoms with Crippen molar-refractivity contribution in [2.45, 2.75) is 6.54 Å². The maximum atomic E-state index is 13.5. The lowest BCUT2D eigenvalue weighted by molar-refractivity contribution is -0.117. The minimum atomic E-state index is -0.473. The van der Waals surface area contributed by atoms with Crippen molar-refractivity contribution >= 4 is 41.1 Å². The lowest BCUT2D eigenvalue weighted by Crippen LogP contribution is -2.34. The van der Waals surface area contributed by atoms with E-state index in [-0.39, 0.29) is 12.2 Å². The molecule has 0 saturated heterocycles. The summed E-state index contributed by atoms with van der Waals surface area (Å²) >= 11 is 12.4. The van der Waals surface area contributed by atoms with Gasteiger partial charge < -0.3 is 10.6 Å². The van der Waals surface area contributed by atoms with Crippen LogP contribution in [-0.4, -0.2) is 21.6 Å². The van der Waals surface area contributed by atoms with Crippen molar-refractivity contribution < 1.29 is 9.59 Å². The van der Waals surface area contributed by atoms with Crippen molar-refractivity contribution in [2.75, 3.05) is 0 Å². The molecule has 0 bridgehead atoms. The first-order chi connectivity index (χ1) is 19.5. The summed E-state index contributed by atoms with van der Waals surface area (Å²) in [5, 5.41) is 11.6. The first-order valence-corrected chi connectivity index (χ1v) is 13.2. The van der Waals surface area contributed by atoms with Crippen molar-refractivity contribution in [1.29, 1.82) is 0 Å². The van der Waals surface area contributed by atoms with Crippen LogP contribution in [0.4, 0.5) is 0 Å². The molecule has 5 aromatic rings. The number of nitrogens with zero attached hydrogens (tertiary/aromatic N) is 2. The molecule has 6 nitrogen and oxygen atoms in total. The van der Waals surface area contributed by atoms with E-state index in [4.69, 9.17) is 28.3 Å². The Hall–Kier alpha value is -4.65. The molecule has 0 unspecified atom stereocenters. The number of para-hydroxylation sites is 1. The summed E-state index contributed by atoms with van der Waals surface area (Å²) in [6.45, 7) is 0.185. The third-order valence-corrected chi connectivity index (χ3v) is 6.73. The van der Waals surface area contributed by atoms with Crippen LogP contribution in [0.1, 0.15) is 21.5 Å². The molecule has 2 amide bonds. The summed E-state index contributed by atoms with van der Waals surface area (Å²) in [4.78, 5) is 26.6. The van der Waals surface area contributed by atoms with Gasteiger partial charge in [0.25, 0.3) is 11.8 Å². The molecule has 8 heteroatoms. The van der Waals surface area contributed by atoms with Crippen molar-refractivity contribution in [2.24, 2.45) is 0 Å². The Bertz CT molecular complexity index is 1660. The largest absolute Gasteiger partial charge is 0.347 e. The van der Waals surface area contributed by atoms with Gasteiger partial charge in [-0.3, -0.25) is 9.59 Å². The topological polar surface area (TPSA) is 76.0 Å². The summed E-state index contributed by atoms with van der Waals surface area (Å²) < 4.78 is 1.73. The first kappa shape index (κ1) is 26.9. The summed E-state index contributed by atoms with van der Waals surface area (Å²) in [5.41, 5.74) is 4.12. The van der Waals surface area contributed by atoms with Gasteiger partial charge in [0, 0.05) is 39.5 Å². The Morgan fingerprint density at radius 3 is 2.15 bits per heavy atom. The average molecular weight is 567 g/mol. The summed E-state index contributed by atoms with van der Waals surface area (Å²) in [6, 6.07) is 32.9. The Morgan fingerprint density at radius 1 is 0.800 bits per heavy atom. The Morgan fingerprint density at radius 2 is 1.45 bits per heavy atom. The molecule has 40 heavy (non-hydrogen) atoms. The monoisotopic (exact) mass is 566 g/mol. The van der Waals surface area contributed by atoms with Gasteiger partial charge in [-0.05, 0) is 54.1 Å². The molecule has 0 saturated carbocycles. The second kappa shape index (κ2) is 12.5. The van der Waals surface area contributed by atoms with E-state index in [0.717, 1.165) is 16.8 Å². The van der Waals surface area contributed by atoms with Crippen LogP contribution in [0.2, 0.25) is 10.0 Å². The highest BCUT2D eigenvalue weighted by molar-refractivity contribution is 6.31. The van der Waals surface area contributed by atoms with Crippen LogP contribution in [0, 0.1) is 0 Å². The molecule has 2 N–H and O–H groups in total. The number of benzene rings is 4. The Labute approximate surface area is 241 Å². The van der Waals surface area contributed by atoms with Crippen LogP contribution < -0.4 is 10.6 Å². The number of amides is 2. The lowest BCUT2D eigenvalue weighted by atomic mass is 10.1. The standard InChI is InChI=1S/C32H24Cl2N4O2/c33-26-17-15-22(16-18-26)30-25(21-38(37-30)27-12-5-2-6-13-27)19-29(36-31(39)23-9-3-1-4-10-23)32(40)35-20-24-11-7-8-14-28(24)34/h1-19,21H,20H2,(H,35,40)(H,36,39). The SMILES string of the molecule is O=C(NCc1ccccc1Cl)C(=Cc1cn(-c2ccccc2)nc1-c1ccc(Cl)cc1)NC(=O)c1ccccc1. The van der Waals surface area contributed by atoms with Crippen molar-refractivity contribution in [1.82, 2.24) is 20.4 Å². The molecule has 4 aromatic carbocycles. The quantitative estimate of drug-likeness (QED) is 0.200. The minimum Gasteiger partial charge on any atom is -0.347 e. The third-order valence-electron chi connectivity index (χ3n) is 6.11. The molecule has 0 aliphatic rings. The highest BCUT2D eigenvalue weighted by Crippen LogP contribution is 2.27. The summed E-state index contributed by atoms with van der Waals surface area (Å²) in [7, 11) is 0. The second-order valence-electron chi connectivity index (χ2n) is 8.87. The summed E-state index contributed by atoms with van der Waals surface area (Å²) in [5.74, 6) is -0.887. The highest BCUT2D eigenvalue weighted by Gasteiger charge is 2.18. The number of carbonyl (C=O) groups excluding carboxylic acids is 2. The van der Waals surface area contributed by atoms with E-state index in [9.17, 15) is 9.59 Å². The molecule has 1 aromatic heterocycles. The van der Waals surface area contributed by atoms with Crippen LogP contribution >= 0.6 is 23.2 Å². The molecular weight excluding hydrogens is 543 g/mol. The molecular formula is C32H24Cl2N4O2. The van der Waals surface area contributed by atoms with Gasteiger partial charge in [-0.25, -0.2) is 4.68 Å². The van der Waals surface area contributed by atoms with Crippen LogP contribution in [0.3, 0.4) is 0 Å². The molecule has 0 aliphatic carbocycles. The zero-order valence-corrected chi connectivity index (χ0v) is 22.7. The minimum absolute atomic E-state index is 0.0590. The van der Waals surface area contributed by atoms with Gasteiger partial charge in [-0.15, -0.1) is 0 Å². The second-order valence-corrected chi connectivity index (χ2v) is 9.72. The Kier molecular flexibility index (Phi) is 8.40. The van der Waals surface area contributed by atoms with E-state index in [0.29, 0.717) is 26.9 Å². The van der Waals surface area contributed by atoms with Crippen LogP contribution in [0.25, 0.3) is 23.0 Å². The smallest absolute Gasteiger partial charge is 0.268 e. The zero-order chi connectivity index (χ0) is 27.9. The van der Waals surface area contributed by atoms with E-state index in [1.54, 1.807) is 53.2 Å². The summed E-state index contributed by atoms with van der Waals surface area (Å²) in [6.07, 6.45) is 3.44. The van der Waals surface area contributed by atoms with Gasteiger partial charge in [-0.2, -0.15) is 5.10 Å². The number of hydrogen-bond donors (Lipinski definition) is 2. The van der Waals surface area contributed by atoms with Gasteiger partial charge >= 0.3 is 0 Å². The van der Waals surface area contributed by atoms with E-state index in [1.807, 2.05) is 72.9 Å². The number of nitrogens with one attached hydrogen (secondary N) is 2. The highest BCUT2D eigenvalue weighted by atomic mass is 35.5. The molecule has 0 aliphatic heterocycles. The number of carbonyl (C=O) groups is 2. The zero-order valence-electron chi connectivity index (χ0n) is 21.2. The fraction of sp³-hybridized carbons (Fsp3) is 0.0312. The molecule has 5 rings (SSSR count). The number of aromatic nitrogens is 2. The maximum absolute atomic E-state index is 13.5. The third kappa shape index (κ3) is 6.49. The number of rotatable bonds is 8. The van der Waals surface area contributed by atoms with E-state index in [2.05, 4.69) is 10.6 Å². The molecule has 0 spiro atoms. The van der Waals surface area contributed by atoms with Crippen molar-refractivity contribution in [3.05, 3.63) is 148 Å². The van der Waals surface area contributed by atoms with Gasteiger partial charge in [0.05, 0.1) is 5.69 Å². The average Bonchev–Trinajstić information content (AvgIpc) is 3.41. The van der Waals surface area contributed by atoms with Crippen LogP contribution in [0.15, 0.2) is 121 Å². The van der Waals surface area contributed by atoms with E-state index < -0.39 is 11.8 Å². The first-order valence-electron chi connectivity index (χ1n) is 12.5. The number of halogens is 2. The van der Waals surface area contributed by atoms with Gasteiger partial charge in [0.2, 0.25) is 0 Å². The lowest BCUT2D eigenvalue weighted by Gasteiger charge is -2.12. The predicted octanol–water partition coefficient (Wildman–Crippen LogP) is 6.93.